The first-order valence-corrected chi connectivity index (χ1v) is 10.6. The summed E-state index contributed by atoms with van der Waals surface area (Å²) in [5, 5.41) is 8.32. The van der Waals surface area contributed by atoms with Gasteiger partial charge in [0.05, 0.1) is 28.3 Å². The first-order chi connectivity index (χ1) is 11.7. The van der Waals surface area contributed by atoms with Crippen LogP contribution in [0.2, 0.25) is 5.02 Å². The van der Waals surface area contributed by atoms with E-state index >= 15 is 0 Å². The van der Waals surface area contributed by atoms with Crippen molar-refractivity contribution in [1.82, 2.24) is 5.01 Å². The summed E-state index contributed by atoms with van der Waals surface area (Å²) < 4.78 is 24.0. The third-order valence-corrected chi connectivity index (χ3v) is 6.61. The van der Waals surface area contributed by atoms with Crippen LogP contribution in [-0.4, -0.2) is 48.5 Å². The molecule has 0 spiro atoms. The molecule has 1 aromatic carbocycles. The van der Waals surface area contributed by atoms with E-state index in [1.54, 1.807) is 18.2 Å². The maximum absolute atomic E-state index is 12.4. The van der Waals surface area contributed by atoms with Crippen LogP contribution in [0.25, 0.3) is 0 Å². The van der Waals surface area contributed by atoms with E-state index < -0.39 is 21.8 Å². The molecule has 2 aliphatic heterocycles. The van der Waals surface area contributed by atoms with Crippen molar-refractivity contribution >= 4 is 60.6 Å². The SMILES string of the molecule is O=C(Nc1ccc(Br)cc1Cl)C1=NN([C@@H]2CCS(=O)(=O)C2)C(=O)CC1. The van der Waals surface area contributed by atoms with E-state index in [0.29, 0.717) is 17.1 Å². The number of rotatable bonds is 3. The topological polar surface area (TPSA) is 95.9 Å². The Labute approximate surface area is 158 Å². The van der Waals surface area contributed by atoms with Gasteiger partial charge in [0.2, 0.25) is 5.91 Å². The molecule has 10 heteroatoms. The Hall–Kier alpha value is -1.45. The number of hydrazone groups is 1. The minimum atomic E-state index is -3.15. The Kier molecular flexibility index (Phi) is 5.17. The Bertz CT molecular complexity index is 872. The van der Waals surface area contributed by atoms with Gasteiger partial charge in [-0.3, -0.25) is 9.59 Å². The summed E-state index contributed by atoms with van der Waals surface area (Å²) in [5.41, 5.74) is 0.618. The van der Waals surface area contributed by atoms with Crippen LogP contribution in [0, 0.1) is 0 Å². The number of halogens is 2. The molecular weight excluding hydrogens is 434 g/mol. The fourth-order valence-electron chi connectivity index (χ4n) is 2.77. The molecule has 3 rings (SSSR count). The summed E-state index contributed by atoms with van der Waals surface area (Å²) in [4.78, 5) is 24.5. The molecule has 2 amide bonds. The van der Waals surface area contributed by atoms with Gasteiger partial charge >= 0.3 is 0 Å². The summed E-state index contributed by atoms with van der Waals surface area (Å²) in [6, 6.07) is 4.54. The van der Waals surface area contributed by atoms with Gasteiger partial charge in [0.15, 0.2) is 9.84 Å². The lowest BCUT2D eigenvalue weighted by molar-refractivity contribution is -0.133. The molecule has 2 heterocycles. The number of hydrogen-bond acceptors (Lipinski definition) is 5. The van der Waals surface area contributed by atoms with Crippen LogP contribution >= 0.6 is 27.5 Å². The zero-order valence-corrected chi connectivity index (χ0v) is 16.2. The van der Waals surface area contributed by atoms with Gasteiger partial charge in [0, 0.05) is 17.3 Å². The summed E-state index contributed by atoms with van der Waals surface area (Å²) in [5.74, 6) is -0.800. The van der Waals surface area contributed by atoms with Gasteiger partial charge in [-0.15, -0.1) is 0 Å². The lowest BCUT2D eigenvalue weighted by atomic mass is 10.1. The molecule has 0 aromatic heterocycles. The number of hydrogen-bond donors (Lipinski definition) is 1. The van der Waals surface area contributed by atoms with E-state index in [0.717, 1.165) is 9.48 Å². The number of carbonyl (C=O) groups is 2. The van der Waals surface area contributed by atoms with Gasteiger partial charge in [-0.1, -0.05) is 27.5 Å². The number of carbonyl (C=O) groups excluding carboxylic acids is 2. The monoisotopic (exact) mass is 447 g/mol. The Balaban J connectivity index is 1.77. The van der Waals surface area contributed by atoms with E-state index in [1.165, 1.54) is 0 Å². The molecule has 25 heavy (non-hydrogen) atoms. The number of sulfone groups is 1. The molecule has 0 aliphatic carbocycles. The van der Waals surface area contributed by atoms with Crippen LogP contribution in [0.15, 0.2) is 27.8 Å². The van der Waals surface area contributed by atoms with Crippen molar-refractivity contribution in [3.63, 3.8) is 0 Å². The summed E-state index contributed by atoms with van der Waals surface area (Å²) in [7, 11) is -3.15. The Morgan fingerprint density at radius 1 is 1.36 bits per heavy atom. The van der Waals surface area contributed by atoms with E-state index in [9.17, 15) is 18.0 Å². The number of amides is 2. The molecule has 0 saturated carbocycles. The normalized spacial score (nSPS) is 22.6. The highest BCUT2D eigenvalue weighted by atomic mass is 79.9. The summed E-state index contributed by atoms with van der Waals surface area (Å²) in [6.45, 7) is 0. The van der Waals surface area contributed by atoms with E-state index in [4.69, 9.17) is 11.6 Å². The lowest BCUT2D eigenvalue weighted by Crippen LogP contribution is -2.42. The summed E-state index contributed by atoms with van der Waals surface area (Å²) >= 11 is 9.37. The molecular formula is C15H15BrClN3O4S. The van der Waals surface area contributed by atoms with Crippen molar-refractivity contribution in [2.24, 2.45) is 5.10 Å². The number of anilines is 1. The van der Waals surface area contributed by atoms with Crippen molar-refractivity contribution < 1.29 is 18.0 Å². The second-order valence-electron chi connectivity index (χ2n) is 5.92. The molecule has 134 valence electrons. The molecule has 1 saturated heterocycles. The smallest absolute Gasteiger partial charge is 0.271 e. The first kappa shape index (κ1) is 18.3. The maximum atomic E-state index is 12.4. The summed E-state index contributed by atoms with van der Waals surface area (Å²) in [6.07, 6.45) is 0.663. The van der Waals surface area contributed by atoms with Crippen molar-refractivity contribution in [1.29, 1.82) is 0 Å². The van der Waals surface area contributed by atoms with Crippen molar-refractivity contribution in [3.05, 3.63) is 27.7 Å². The van der Waals surface area contributed by atoms with Gasteiger partial charge in [-0.2, -0.15) is 5.10 Å². The van der Waals surface area contributed by atoms with Crippen LogP contribution in [0.5, 0.6) is 0 Å². The van der Waals surface area contributed by atoms with Crippen LogP contribution in [0.4, 0.5) is 5.69 Å². The van der Waals surface area contributed by atoms with Crippen LogP contribution < -0.4 is 5.32 Å². The van der Waals surface area contributed by atoms with E-state index in [2.05, 4.69) is 26.3 Å². The first-order valence-electron chi connectivity index (χ1n) is 7.61. The van der Waals surface area contributed by atoms with Gasteiger partial charge in [0.25, 0.3) is 5.91 Å². The van der Waals surface area contributed by atoms with Gasteiger partial charge in [0.1, 0.15) is 5.71 Å². The zero-order valence-electron chi connectivity index (χ0n) is 13.0. The highest BCUT2D eigenvalue weighted by Crippen LogP contribution is 2.26. The molecule has 0 unspecified atom stereocenters. The highest BCUT2D eigenvalue weighted by Gasteiger charge is 2.37. The van der Waals surface area contributed by atoms with Crippen molar-refractivity contribution in [3.8, 4) is 0 Å². The quantitative estimate of drug-likeness (QED) is 0.767. The minimum absolute atomic E-state index is 0.0347. The lowest BCUT2D eigenvalue weighted by Gasteiger charge is -2.27. The minimum Gasteiger partial charge on any atom is -0.320 e. The third-order valence-electron chi connectivity index (χ3n) is 4.06. The van der Waals surface area contributed by atoms with E-state index in [1.807, 2.05) is 0 Å². The molecule has 2 aliphatic rings. The second-order valence-corrected chi connectivity index (χ2v) is 9.47. The predicted molar refractivity (Wildman–Crippen MR) is 98.4 cm³/mol. The Morgan fingerprint density at radius 3 is 2.76 bits per heavy atom. The molecule has 1 fully saturated rings. The second kappa shape index (κ2) is 7.05. The highest BCUT2D eigenvalue weighted by molar-refractivity contribution is 9.10. The number of nitrogens with one attached hydrogen (secondary N) is 1. The van der Waals surface area contributed by atoms with Crippen molar-refractivity contribution in [2.75, 3.05) is 16.8 Å². The van der Waals surface area contributed by atoms with Crippen LogP contribution in [0.1, 0.15) is 19.3 Å². The zero-order chi connectivity index (χ0) is 18.2. The molecule has 1 atom stereocenters. The fourth-order valence-corrected chi connectivity index (χ4v) is 5.19. The Morgan fingerprint density at radius 2 is 2.12 bits per heavy atom. The maximum Gasteiger partial charge on any atom is 0.271 e. The third kappa shape index (κ3) is 4.21. The number of nitrogens with zero attached hydrogens (tertiary/aromatic N) is 2. The fraction of sp³-hybridized carbons (Fsp3) is 0.400. The van der Waals surface area contributed by atoms with Crippen molar-refractivity contribution in [2.45, 2.75) is 25.3 Å². The largest absolute Gasteiger partial charge is 0.320 e. The average molecular weight is 449 g/mol. The predicted octanol–water partition coefficient (Wildman–Crippen LogP) is 2.21. The van der Waals surface area contributed by atoms with Crippen LogP contribution in [0.3, 0.4) is 0 Å². The van der Waals surface area contributed by atoms with Gasteiger partial charge < -0.3 is 5.32 Å². The molecule has 1 aromatic rings. The number of benzene rings is 1. The van der Waals surface area contributed by atoms with Gasteiger partial charge in [-0.05, 0) is 24.6 Å². The molecule has 7 nitrogen and oxygen atoms in total. The van der Waals surface area contributed by atoms with Crippen LogP contribution in [-0.2, 0) is 19.4 Å². The van der Waals surface area contributed by atoms with E-state index in [-0.39, 0.29) is 36.0 Å². The molecule has 0 bridgehead atoms. The molecule has 1 N–H and O–H groups in total. The van der Waals surface area contributed by atoms with Gasteiger partial charge in [-0.25, -0.2) is 13.4 Å². The molecule has 0 radical (unpaired) electrons. The standard InChI is InChI=1S/C15H15BrClN3O4S/c16-9-1-2-12(11(17)7-9)18-15(22)13-3-4-14(21)20(19-13)10-5-6-25(23,24)8-10/h1-2,7,10H,3-6,8H2,(H,18,22)/t10-/m1/s1. The average Bonchev–Trinajstić information content (AvgIpc) is 2.90.